The van der Waals surface area contributed by atoms with Crippen molar-refractivity contribution in [2.45, 2.75) is 0 Å². The van der Waals surface area contributed by atoms with Crippen molar-refractivity contribution in [3.05, 3.63) is 34.3 Å². The lowest BCUT2D eigenvalue weighted by Crippen LogP contribution is -1.86. The van der Waals surface area contributed by atoms with Crippen LogP contribution in [0.3, 0.4) is 0 Å². The molecule has 3 N–H and O–H groups in total. The number of anilines is 1. The van der Waals surface area contributed by atoms with Gasteiger partial charge in [0.1, 0.15) is 0 Å². The van der Waals surface area contributed by atoms with Gasteiger partial charge in [-0.15, -0.1) is 11.3 Å². The molecule has 3 nitrogen and oxygen atoms in total. The van der Waals surface area contributed by atoms with E-state index < -0.39 is 0 Å². The van der Waals surface area contributed by atoms with Gasteiger partial charge in [-0.1, -0.05) is 6.07 Å². The summed E-state index contributed by atoms with van der Waals surface area (Å²) in [4.78, 5) is 1.15. The standard InChI is InChI=1S/C11H9N3S2/c12-11-9(8-2-1-4-16-8)10(13-14-11)7-3-5-15-6-7/h1-6H,(H3,12,13,14). The summed E-state index contributed by atoms with van der Waals surface area (Å²) in [6.07, 6.45) is 0. The summed E-state index contributed by atoms with van der Waals surface area (Å²) in [7, 11) is 0. The highest BCUT2D eigenvalue weighted by Crippen LogP contribution is 2.37. The number of nitrogens with two attached hydrogens (primary N) is 1. The van der Waals surface area contributed by atoms with Gasteiger partial charge in [-0.2, -0.15) is 16.4 Å². The predicted molar refractivity (Wildman–Crippen MR) is 69.6 cm³/mol. The smallest absolute Gasteiger partial charge is 0.154 e. The minimum Gasteiger partial charge on any atom is -0.382 e. The van der Waals surface area contributed by atoms with E-state index in [0.717, 1.165) is 21.7 Å². The van der Waals surface area contributed by atoms with Gasteiger partial charge < -0.3 is 5.73 Å². The molecule has 5 heteroatoms. The minimum atomic E-state index is 0.559. The number of aromatic nitrogens is 2. The van der Waals surface area contributed by atoms with Crippen LogP contribution in [0.4, 0.5) is 5.82 Å². The third-order valence-corrected chi connectivity index (χ3v) is 3.94. The Morgan fingerprint density at radius 1 is 1.25 bits per heavy atom. The second-order valence-electron chi connectivity index (χ2n) is 3.35. The van der Waals surface area contributed by atoms with E-state index >= 15 is 0 Å². The van der Waals surface area contributed by atoms with Crippen LogP contribution >= 0.6 is 22.7 Å². The van der Waals surface area contributed by atoms with E-state index in [1.807, 2.05) is 16.8 Å². The molecule has 3 aromatic heterocycles. The summed E-state index contributed by atoms with van der Waals surface area (Å²) in [6, 6.07) is 6.14. The normalized spacial score (nSPS) is 10.8. The molecule has 0 saturated heterocycles. The summed E-state index contributed by atoms with van der Waals surface area (Å²) in [5.74, 6) is 0.559. The Labute approximate surface area is 101 Å². The van der Waals surface area contributed by atoms with Crippen molar-refractivity contribution in [2.24, 2.45) is 0 Å². The molecule has 0 amide bonds. The number of rotatable bonds is 2. The Morgan fingerprint density at radius 2 is 2.19 bits per heavy atom. The summed E-state index contributed by atoms with van der Waals surface area (Å²) in [5, 5.41) is 13.3. The van der Waals surface area contributed by atoms with Gasteiger partial charge in [0.2, 0.25) is 0 Å². The van der Waals surface area contributed by atoms with Crippen LogP contribution in [0.15, 0.2) is 34.3 Å². The number of hydrogen-bond donors (Lipinski definition) is 2. The topological polar surface area (TPSA) is 54.7 Å². The Bertz CT molecular complexity index is 579. The fourth-order valence-corrected chi connectivity index (χ4v) is 3.07. The maximum absolute atomic E-state index is 5.91. The summed E-state index contributed by atoms with van der Waals surface area (Å²) >= 11 is 3.33. The molecule has 0 aliphatic heterocycles. The average Bonchev–Trinajstić information content (AvgIpc) is 2.96. The van der Waals surface area contributed by atoms with Gasteiger partial charge in [-0.3, -0.25) is 5.10 Å². The highest BCUT2D eigenvalue weighted by Gasteiger charge is 2.15. The summed E-state index contributed by atoms with van der Waals surface area (Å²) < 4.78 is 0. The lowest BCUT2D eigenvalue weighted by atomic mass is 10.1. The molecule has 0 saturated carbocycles. The Morgan fingerprint density at radius 3 is 2.88 bits per heavy atom. The Kier molecular flexibility index (Phi) is 2.27. The van der Waals surface area contributed by atoms with Crippen molar-refractivity contribution >= 4 is 28.5 Å². The molecule has 3 rings (SSSR count). The van der Waals surface area contributed by atoms with Gasteiger partial charge in [0.15, 0.2) is 5.82 Å². The molecule has 0 bridgehead atoms. The zero-order chi connectivity index (χ0) is 11.0. The first-order valence-corrected chi connectivity index (χ1v) is 6.59. The van der Waals surface area contributed by atoms with Crippen LogP contribution in [-0.4, -0.2) is 10.2 Å². The van der Waals surface area contributed by atoms with Crippen molar-refractivity contribution in [3.8, 4) is 21.7 Å². The van der Waals surface area contributed by atoms with E-state index in [4.69, 9.17) is 5.73 Å². The molecular weight excluding hydrogens is 238 g/mol. The number of thiophene rings is 2. The second-order valence-corrected chi connectivity index (χ2v) is 5.08. The molecule has 0 aliphatic carbocycles. The number of aromatic amines is 1. The van der Waals surface area contributed by atoms with Gasteiger partial charge in [-0.25, -0.2) is 0 Å². The number of H-pyrrole nitrogens is 1. The number of nitrogens with one attached hydrogen (secondary N) is 1. The van der Waals surface area contributed by atoms with Crippen LogP contribution in [0, 0.1) is 0 Å². The zero-order valence-electron chi connectivity index (χ0n) is 8.31. The van der Waals surface area contributed by atoms with Gasteiger partial charge in [0, 0.05) is 15.8 Å². The van der Waals surface area contributed by atoms with Gasteiger partial charge >= 0.3 is 0 Å². The number of hydrogen-bond acceptors (Lipinski definition) is 4. The van der Waals surface area contributed by atoms with Crippen LogP contribution in [0.2, 0.25) is 0 Å². The van der Waals surface area contributed by atoms with Crippen molar-refractivity contribution in [3.63, 3.8) is 0 Å². The Hall–Kier alpha value is -1.59. The number of nitrogens with zero attached hydrogens (tertiary/aromatic N) is 1. The van der Waals surface area contributed by atoms with Crippen molar-refractivity contribution in [1.82, 2.24) is 10.2 Å². The quantitative estimate of drug-likeness (QED) is 0.728. The fraction of sp³-hybridized carbons (Fsp3) is 0. The monoisotopic (exact) mass is 247 g/mol. The third-order valence-electron chi connectivity index (χ3n) is 2.37. The van der Waals surface area contributed by atoms with E-state index in [0.29, 0.717) is 5.82 Å². The molecule has 3 heterocycles. The summed E-state index contributed by atoms with van der Waals surface area (Å²) in [5.41, 5.74) is 9.05. The minimum absolute atomic E-state index is 0.559. The van der Waals surface area contributed by atoms with Gasteiger partial charge in [0.05, 0.1) is 11.3 Å². The molecule has 0 radical (unpaired) electrons. The summed E-state index contributed by atoms with van der Waals surface area (Å²) in [6.45, 7) is 0. The molecule has 80 valence electrons. The molecule has 0 unspecified atom stereocenters. The van der Waals surface area contributed by atoms with Crippen molar-refractivity contribution < 1.29 is 0 Å². The highest BCUT2D eigenvalue weighted by atomic mass is 32.1. The third kappa shape index (κ3) is 1.45. The first-order valence-electron chi connectivity index (χ1n) is 4.76. The van der Waals surface area contributed by atoms with Crippen LogP contribution in [0.1, 0.15) is 0 Å². The molecule has 16 heavy (non-hydrogen) atoms. The maximum atomic E-state index is 5.91. The molecule has 0 fully saturated rings. The maximum Gasteiger partial charge on any atom is 0.154 e. The van der Waals surface area contributed by atoms with E-state index in [2.05, 4.69) is 27.7 Å². The highest BCUT2D eigenvalue weighted by molar-refractivity contribution is 7.13. The Balaban J connectivity index is 2.21. The van der Waals surface area contributed by atoms with E-state index in [1.165, 1.54) is 0 Å². The van der Waals surface area contributed by atoms with Gasteiger partial charge in [-0.05, 0) is 22.9 Å². The van der Waals surface area contributed by atoms with E-state index in [1.54, 1.807) is 22.7 Å². The van der Waals surface area contributed by atoms with E-state index in [-0.39, 0.29) is 0 Å². The van der Waals surface area contributed by atoms with Gasteiger partial charge in [0.25, 0.3) is 0 Å². The van der Waals surface area contributed by atoms with Crippen molar-refractivity contribution in [1.29, 1.82) is 0 Å². The van der Waals surface area contributed by atoms with Crippen molar-refractivity contribution in [2.75, 3.05) is 5.73 Å². The lowest BCUT2D eigenvalue weighted by molar-refractivity contribution is 1.10. The second kappa shape index (κ2) is 3.77. The fourth-order valence-electron chi connectivity index (χ4n) is 1.64. The largest absolute Gasteiger partial charge is 0.382 e. The zero-order valence-corrected chi connectivity index (χ0v) is 9.94. The molecule has 0 aromatic carbocycles. The first-order chi connectivity index (χ1) is 7.86. The molecule has 0 spiro atoms. The molecular formula is C11H9N3S2. The van der Waals surface area contributed by atoms with E-state index in [9.17, 15) is 0 Å². The molecule has 0 aliphatic rings. The van der Waals surface area contributed by atoms with Crippen LogP contribution in [-0.2, 0) is 0 Å². The molecule has 3 aromatic rings. The van der Waals surface area contributed by atoms with Crippen LogP contribution in [0.25, 0.3) is 21.7 Å². The van der Waals surface area contributed by atoms with Crippen LogP contribution < -0.4 is 5.73 Å². The number of nitrogen functional groups attached to an aromatic ring is 1. The molecule has 0 atom stereocenters. The van der Waals surface area contributed by atoms with Crippen LogP contribution in [0.5, 0.6) is 0 Å². The SMILES string of the molecule is Nc1n[nH]c(-c2ccsc2)c1-c1cccs1. The average molecular weight is 247 g/mol. The predicted octanol–water partition coefficient (Wildman–Crippen LogP) is 3.45. The first kappa shape index (κ1) is 9.62. The lowest BCUT2D eigenvalue weighted by Gasteiger charge is -1.98.